The summed E-state index contributed by atoms with van der Waals surface area (Å²) in [4.78, 5) is 23.3. The van der Waals surface area contributed by atoms with Gasteiger partial charge in [0.1, 0.15) is 0 Å². The van der Waals surface area contributed by atoms with Gasteiger partial charge in [0.2, 0.25) is 5.91 Å². The van der Waals surface area contributed by atoms with Crippen LogP contribution >= 0.6 is 0 Å². The zero-order valence-electron chi connectivity index (χ0n) is 10.5. The third kappa shape index (κ3) is 3.19. The fourth-order valence-corrected chi connectivity index (χ4v) is 1.78. The summed E-state index contributed by atoms with van der Waals surface area (Å²) in [6.07, 6.45) is 0. The SMILES string of the molecule is Cc1cc(C(N)=O)cc(C(=O)Nc2ccccc2)c1. The molecule has 0 aliphatic heterocycles. The van der Waals surface area contributed by atoms with Crippen molar-refractivity contribution in [3.05, 3.63) is 65.2 Å². The van der Waals surface area contributed by atoms with Crippen molar-refractivity contribution in [1.29, 1.82) is 0 Å². The number of primary amides is 1. The standard InChI is InChI=1S/C15H14N2O2/c1-10-7-11(14(16)18)9-12(8-10)15(19)17-13-5-3-2-4-6-13/h2-9H,1H3,(H2,16,18)(H,17,19). The van der Waals surface area contributed by atoms with Crippen LogP contribution in [-0.2, 0) is 0 Å². The first-order valence-electron chi connectivity index (χ1n) is 5.84. The monoisotopic (exact) mass is 254 g/mol. The van der Waals surface area contributed by atoms with E-state index in [-0.39, 0.29) is 5.91 Å². The van der Waals surface area contributed by atoms with Gasteiger partial charge in [-0.3, -0.25) is 9.59 Å². The van der Waals surface area contributed by atoms with Crippen molar-refractivity contribution in [2.75, 3.05) is 5.32 Å². The van der Waals surface area contributed by atoms with Gasteiger partial charge in [0, 0.05) is 16.8 Å². The van der Waals surface area contributed by atoms with E-state index in [4.69, 9.17) is 5.73 Å². The number of carbonyl (C=O) groups is 2. The average molecular weight is 254 g/mol. The highest BCUT2D eigenvalue weighted by Gasteiger charge is 2.10. The second kappa shape index (κ2) is 5.35. The molecule has 2 aromatic carbocycles. The molecule has 0 radical (unpaired) electrons. The Morgan fingerprint density at radius 2 is 1.63 bits per heavy atom. The van der Waals surface area contributed by atoms with Crippen LogP contribution in [-0.4, -0.2) is 11.8 Å². The summed E-state index contributed by atoms with van der Waals surface area (Å²) >= 11 is 0. The third-order valence-electron chi connectivity index (χ3n) is 2.66. The van der Waals surface area contributed by atoms with Crippen molar-refractivity contribution in [3.8, 4) is 0 Å². The number of nitrogens with two attached hydrogens (primary N) is 1. The molecule has 19 heavy (non-hydrogen) atoms. The van der Waals surface area contributed by atoms with Crippen LogP contribution in [0.1, 0.15) is 26.3 Å². The van der Waals surface area contributed by atoms with Crippen LogP contribution in [0.2, 0.25) is 0 Å². The van der Waals surface area contributed by atoms with Gasteiger partial charge in [0.25, 0.3) is 5.91 Å². The van der Waals surface area contributed by atoms with Gasteiger partial charge in [-0.25, -0.2) is 0 Å². The van der Waals surface area contributed by atoms with Crippen molar-refractivity contribution in [2.24, 2.45) is 5.73 Å². The van der Waals surface area contributed by atoms with Crippen molar-refractivity contribution in [2.45, 2.75) is 6.92 Å². The van der Waals surface area contributed by atoms with E-state index in [0.29, 0.717) is 16.8 Å². The minimum Gasteiger partial charge on any atom is -0.366 e. The topological polar surface area (TPSA) is 72.2 Å². The molecule has 0 spiro atoms. The molecule has 2 rings (SSSR count). The lowest BCUT2D eigenvalue weighted by atomic mass is 10.1. The third-order valence-corrected chi connectivity index (χ3v) is 2.66. The van der Waals surface area contributed by atoms with Crippen LogP contribution < -0.4 is 11.1 Å². The molecule has 0 atom stereocenters. The number of amides is 2. The average Bonchev–Trinajstić information content (AvgIpc) is 2.39. The van der Waals surface area contributed by atoms with E-state index in [2.05, 4.69) is 5.32 Å². The molecule has 0 aliphatic rings. The maximum atomic E-state index is 12.1. The van der Waals surface area contributed by atoms with E-state index in [1.807, 2.05) is 25.1 Å². The van der Waals surface area contributed by atoms with Gasteiger partial charge >= 0.3 is 0 Å². The molecule has 2 aromatic rings. The Kier molecular flexibility index (Phi) is 3.61. The van der Waals surface area contributed by atoms with E-state index in [9.17, 15) is 9.59 Å². The fourth-order valence-electron chi connectivity index (χ4n) is 1.78. The quantitative estimate of drug-likeness (QED) is 0.882. The maximum Gasteiger partial charge on any atom is 0.255 e. The molecule has 4 heteroatoms. The highest BCUT2D eigenvalue weighted by molar-refractivity contribution is 6.06. The lowest BCUT2D eigenvalue weighted by Crippen LogP contribution is -2.16. The number of hydrogen-bond donors (Lipinski definition) is 2. The van der Waals surface area contributed by atoms with Crippen LogP contribution in [0.25, 0.3) is 0 Å². The number of hydrogen-bond acceptors (Lipinski definition) is 2. The molecule has 0 fully saturated rings. The molecule has 0 aliphatic carbocycles. The summed E-state index contributed by atoms with van der Waals surface area (Å²) < 4.78 is 0. The summed E-state index contributed by atoms with van der Waals surface area (Å²) in [5, 5.41) is 2.76. The summed E-state index contributed by atoms with van der Waals surface area (Å²) in [7, 11) is 0. The lowest BCUT2D eigenvalue weighted by molar-refractivity contribution is 0.1000. The zero-order chi connectivity index (χ0) is 13.8. The molecule has 3 N–H and O–H groups in total. The normalized spacial score (nSPS) is 9.95. The Hall–Kier alpha value is -2.62. The maximum absolute atomic E-state index is 12.1. The Morgan fingerprint density at radius 1 is 1.00 bits per heavy atom. The molecular formula is C15H14N2O2. The summed E-state index contributed by atoms with van der Waals surface area (Å²) in [6.45, 7) is 1.81. The molecule has 96 valence electrons. The highest BCUT2D eigenvalue weighted by Crippen LogP contribution is 2.12. The van der Waals surface area contributed by atoms with Crippen LogP contribution in [0.3, 0.4) is 0 Å². The predicted molar refractivity (Wildman–Crippen MR) is 74.1 cm³/mol. The number of anilines is 1. The molecule has 2 amide bonds. The van der Waals surface area contributed by atoms with Crippen LogP contribution in [0.15, 0.2) is 48.5 Å². The number of carbonyl (C=O) groups excluding carboxylic acids is 2. The molecule has 0 bridgehead atoms. The molecule has 0 heterocycles. The Bertz CT molecular complexity index is 621. The lowest BCUT2D eigenvalue weighted by Gasteiger charge is -2.07. The van der Waals surface area contributed by atoms with Crippen molar-refractivity contribution in [1.82, 2.24) is 0 Å². The zero-order valence-corrected chi connectivity index (χ0v) is 10.5. The molecule has 0 aromatic heterocycles. The Morgan fingerprint density at radius 3 is 2.26 bits per heavy atom. The van der Waals surface area contributed by atoms with Crippen molar-refractivity contribution < 1.29 is 9.59 Å². The van der Waals surface area contributed by atoms with Gasteiger partial charge in [-0.1, -0.05) is 18.2 Å². The fraction of sp³-hybridized carbons (Fsp3) is 0.0667. The van der Waals surface area contributed by atoms with Gasteiger partial charge in [0.05, 0.1) is 0 Å². The number of para-hydroxylation sites is 1. The largest absolute Gasteiger partial charge is 0.366 e. The number of aryl methyl sites for hydroxylation is 1. The minimum absolute atomic E-state index is 0.266. The number of nitrogens with one attached hydrogen (secondary N) is 1. The van der Waals surface area contributed by atoms with Gasteiger partial charge in [-0.05, 0) is 42.8 Å². The first kappa shape index (κ1) is 12.8. The second-order valence-corrected chi connectivity index (χ2v) is 4.27. The van der Waals surface area contributed by atoms with Crippen LogP contribution in [0.4, 0.5) is 5.69 Å². The van der Waals surface area contributed by atoms with Crippen LogP contribution in [0.5, 0.6) is 0 Å². The highest BCUT2D eigenvalue weighted by atomic mass is 16.2. The molecule has 0 unspecified atom stereocenters. The first-order valence-corrected chi connectivity index (χ1v) is 5.84. The van der Waals surface area contributed by atoms with E-state index >= 15 is 0 Å². The second-order valence-electron chi connectivity index (χ2n) is 4.27. The molecule has 0 saturated heterocycles. The van der Waals surface area contributed by atoms with Gasteiger partial charge < -0.3 is 11.1 Å². The van der Waals surface area contributed by atoms with E-state index in [1.165, 1.54) is 6.07 Å². The number of rotatable bonds is 3. The molecule has 0 saturated carbocycles. The number of benzene rings is 2. The summed E-state index contributed by atoms with van der Waals surface area (Å²) in [5.41, 5.74) is 7.50. The first-order chi connectivity index (χ1) is 9.06. The van der Waals surface area contributed by atoms with Crippen molar-refractivity contribution in [3.63, 3.8) is 0 Å². The van der Waals surface area contributed by atoms with E-state index < -0.39 is 5.91 Å². The smallest absolute Gasteiger partial charge is 0.255 e. The van der Waals surface area contributed by atoms with Gasteiger partial charge in [-0.15, -0.1) is 0 Å². The molecular weight excluding hydrogens is 240 g/mol. The van der Waals surface area contributed by atoms with E-state index in [0.717, 1.165) is 5.56 Å². The van der Waals surface area contributed by atoms with Crippen LogP contribution in [0, 0.1) is 6.92 Å². The molecule has 4 nitrogen and oxygen atoms in total. The van der Waals surface area contributed by atoms with E-state index in [1.54, 1.807) is 24.3 Å². The summed E-state index contributed by atoms with van der Waals surface area (Å²) in [5.74, 6) is -0.810. The minimum atomic E-state index is -0.544. The predicted octanol–water partition coefficient (Wildman–Crippen LogP) is 2.35. The Balaban J connectivity index is 2.26. The van der Waals surface area contributed by atoms with Gasteiger partial charge in [-0.2, -0.15) is 0 Å². The Labute approximate surface area is 111 Å². The van der Waals surface area contributed by atoms with Crippen molar-refractivity contribution >= 4 is 17.5 Å². The van der Waals surface area contributed by atoms with Gasteiger partial charge in [0.15, 0.2) is 0 Å². The summed E-state index contributed by atoms with van der Waals surface area (Å²) in [6, 6.07) is 14.0.